The molecule has 0 unspecified atom stereocenters. The van der Waals surface area contributed by atoms with Gasteiger partial charge >= 0.3 is 0 Å². The van der Waals surface area contributed by atoms with Crippen LogP contribution in [0, 0.1) is 0 Å². The fourth-order valence-corrected chi connectivity index (χ4v) is 0.950. The van der Waals surface area contributed by atoms with E-state index in [2.05, 4.69) is 15.9 Å². The lowest BCUT2D eigenvalue weighted by atomic mass is 10.1. The van der Waals surface area contributed by atoms with Crippen molar-refractivity contribution in [1.82, 2.24) is 0 Å². The van der Waals surface area contributed by atoms with E-state index in [1.165, 1.54) is 0 Å². The van der Waals surface area contributed by atoms with Crippen LogP contribution in [0.3, 0.4) is 0 Å². The summed E-state index contributed by atoms with van der Waals surface area (Å²) in [5, 5.41) is 9.39. The van der Waals surface area contributed by atoms with E-state index in [-0.39, 0.29) is 0 Å². The Morgan fingerprint density at radius 1 is 1.50 bits per heavy atom. The monoisotopic (exact) mass is 204 g/mol. The van der Waals surface area contributed by atoms with Crippen molar-refractivity contribution in [2.45, 2.75) is 19.4 Å². The van der Waals surface area contributed by atoms with Crippen LogP contribution >= 0.6 is 15.9 Å². The molecule has 0 bridgehead atoms. The highest BCUT2D eigenvalue weighted by atomic mass is 79.9. The van der Waals surface area contributed by atoms with Crippen LogP contribution in [-0.4, -0.2) is 5.11 Å². The highest BCUT2D eigenvalue weighted by molar-refractivity contribution is 9.10. The van der Waals surface area contributed by atoms with Crippen molar-refractivity contribution in [3.63, 3.8) is 0 Å². The van der Waals surface area contributed by atoms with Crippen LogP contribution in [0.15, 0.2) is 21.2 Å². The maximum absolute atomic E-state index is 9.39. The Labute approximate surface area is 68.0 Å². The van der Waals surface area contributed by atoms with Crippen LogP contribution in [0.1, 0.15) is 19.6 Å². The molecule has 0 amide bonds. The zero-order chi connectivity index (χ0) is 7.78. The molecule has 0 aromatic carbocycles. The van der Waals surface area contributed by atoms with Gasteiger partial charge in [-0.15, -0.1) is 0 Å². The van der Waals surface area contributed by atoms with Gasteiger partial charge in [-0.2, -0.15) is 0 Å². The Bertz CT molecular complexity index is 222. The quantitative estimate of drug-likeness (QED) is 0.762. The molecule has 1 N–H and O–H groups in total. The summed E-state index contributed by atoms with van der Waals surface area (Å²) in [4.78, 5) is 0. The molecule has 56 valence electrons. The minimum absolute atomic E-state index is 0.569. The average Bonchev–Trinajstić information content (AvgIpc) is 2.11. The first-order chi connectivity index (χ1) is 4.50. The summed E-state index contributed by atoms with van der Waals surface area (Å²) in [5.41, 5.74) is -0.883. The summed E-state index contributed by atoms with van der Waals surface area (Å²) in [6, 6.07) is 3.50. The standard InChI is InChI=1S/C7H9BrO2/c1-7(2,9)5-3-4-6(8)10-5/h3-4,9H,1-2H3. The Kier molecular flexibility index (Phi) is 1.88. The molecule has 0 spiro atoms. The number of rotatable bonds is 1. The van der Waals surface area contributed by atoms with E-state index in [1.54, 1.807) is 26.0 Å². The van der Waals surface area contributed by atoms with Crippen molar-refractivity contribution >= 4 is 15.9 Å². The Balaban J connectivity index is 2.96. The third-order valence-corrected chi connectivity index (χ3v) is 1.60. The summed E-state index contributed by atoms with van der Waals surface area (Å²) >= 11 is 3.15. The lowest BCUT2D eigenvalue weighted by molar-refractivity contribution is 0.0532. The Morgan fingerprint density at radius 3 is 2.30 bits per heavy atom. The van der Waals surface area contributed by atoms with Gasteiger partial charge in [-0.05, 0) is 41.9 Å². The molecule has 0 radical (unpaired) electrons. The normalized spacial score (nSPS) is 12.0. The van der Waals surface area contributed by atoms with Gasteiger partial charge in [0.1, 0.15) is 11.4 Å². The number of hydrogen-bond acceptors (Lipinski definition) is 2. The van der Waals surface area contributed by atoms with Crippen LogP contribution in [0.25, 0.3) is 0 Å². The van der Waals surface area contributed by atoms with E-state index < -0.39 is 5.60 Å². The smallest absolute Gasteiger partial charge is 0.169 e. The number of aliphatic hydroxyl groups is 1. The third kappa shape index (κ3) is 1.61. The molecular formula is C7H9BrO2. The van der Waals surface area contributed by atoms with Gasteiger partial charge in [0.25, 0.3) is 0 Å². The Morgan fingerprint density at radius 2 is 2.10 bits per heavy atom. The van der Waals surface area contributed by atoms with Gasteiger partial charge in [-0.25, -0.2) is 0 Å². The molecule has 1 rings (SSSR count). The first-order valence-corrected chi connectivity index (χ1v) is 3.77. The van der Waals surface area contributed by atoms with E-state index in [4.69, 9.17) is 4.42 Å². The fourth-order valence-electron chi connectivity index (χ4n) is 0.643. The topological polar surface area (TPSA) is 33.4 Å². The first kappa shape index (κ1) is 7.82. The summed E-state index contributed by atoms with van der Waals surface area (Å²) in [6.45, 7) is 3.36. The largest absolute Gasteiger partial charge is 0.451 e. The van der Waals surface area contributed by atoms with Crippen LogP contribution in [0.4, 0.5) is 0 Å². The summed E-state index contributed by atoms with van der Waals surface area (Å²) in [5.74, 6) is 0.569. The highest BCUT2D eigenvalue weighted by Crippen LogP contribution is 2.24. The molecule has 10 heavy (non-hydrogen) atoms. The van der Waals surface area contributed by atoms with Crippen molar-refractivity contribution in [2.75, 3.05) is 0 Å². The summed E-state index contributed by atoms with van der Waals surface area (Å²) in [6.07, 6.45) is 0. The second-order valence-corrected chi connectivity index (χ2v) is 3.44. The van der Waals surface area contributed by atoms with E-state index in [9.17, 15) is 5.11 Å². The zero-order valence-electron chi connectivity index (χ0n) is 5.89. The summed E-state index contributed by atoms with van der Waals surface area (Å²) < 4.78 is 5.76. The van der Waals surface area contributed by atoms with Crippen LogP contribution in [0.2, 0.25) is 0 Å². The Hall–Kier alpha value is -0.280. The lowest BCUT2D eigenvalue weighted by Gasteiger charge is -2.12. The van der Waals surface area contributed by atoms with Crippen molar-refractivity contribution in [3.05, 3.63) is 22.6 Å². The predicted molar refractivity (Wildman–Crippen MR) is 41.7 cm³/mol. The lowest BCUT2D eigenvalue weighted by Crippen LogP contribution is -2.13. The van der Waals surface area contributed by atoms with Gasteiger partial charge in [0.15, 0.2) is 4.67 Å². The maximum atomic E-state index is 9.39. The van der Waals surface area contributed by atoms with E-state index in [0.717, 1.165) is 0 Å². The van der Waals surface area contributed by atoms with Crippen molar-refractivity contribution in [2.24, 2.45) is 0 Å². The molecule has 2 nitrogen and oxygen atoms in total. The number of hydrogen-bond donors (Lipinski definition) is 1. The molecule has 0 atom stereocenters. The minimum atomic E-state index is -0.883. The van der Waals surface area contributed by atoms with Crippen molar-refractivity contribution in [1.29, 1.82) is 0 Å². The molecule has 1 aromatic rings. The molecule has 0 saturated carbocycles. The molecule has 0 aliphatic carbocycles. The molecule has 1 aromatic heterocycles. The SMILES string of the molecule is CC(C)(O)c1ccc(Br)o1. The highest BCUT2D eigenvalue weighted by Gasteiger charge is 2.19. The number of halogens is 1. The van der Waals surface area contributed by atoms with E-state index >= 15 is 0 Å². The second kappa shape index (κ2) is 2.40. The average molecular weight is 205 g/mol. The maximum Gasteiger partial charge on any atom is 0.169 e. The molecule has 0 aliphatic heterocycles. The molecular weight excluding hydrogens is 196 g/mol. The van der Waals surface area contributed by atoms with Gasteiger partial charge < -0.3 is 9.52 Å². The number of furan rings is 1. The van der Waals surface area contributed by atoms with Crippen molar-refractivity contribution < 1.29 is 9.52 Å². The van der Waals surface area contributed by atoms with Gasteiger partial charge in [-0.3, -0.25) is 0 Å². The third-order valence-electron chi connectivity index (χ3n) is 1.18. The molecule has 1 heterocycles. The van der Waals surface area contributed by atoms with Crippen LogP contribution < -0.4 is 0 Å². The van der Waals surface area contributed by atoms with Gasteiger partial charge in [0.2, 0.25) is 0 Å². The molecule has 0 saturated heterocycles. The first-order valence-electron chi connectivity index (χ1n) is 2.98. The van der Waals surface area contributed by atoms with E-state index in [0.29, 0.717) is 10.4 Å². The molecule has 0 fully saturated rings. The fraction of sp³-hybridized carbons (Fsp3) is 0.429. The molecule has 3 heteroatoms. The summed E-state index contributed by atoms with van der Waals surface area (Å²) in [7, 11) is 0. The van der Waals surface area contributed by atoms with E-state index in [1.807, 2.05) is 0 Å². The minimum Gasteiger partial charge on any atom is -0.451 e. The van der Waals surface area contributed by atoms with Crippen molar-refractivity contribution in [3.8, 4) is 0 Å². The molecule has 0 aliphatic rings. The second-order valence-electron chi connectivity index (χ2n) is 2.66. The van der Waals surface area contributed by atoms with Crippen LogP contribution in [-0.2, 0) is 5.60 Å². The van der Waals surface area contributed by atoms with Gasteiger partial charge in [0.05, 0.1) is 0 Å². The predicted octanol–water partition coefficient (Wildman–Crippen LogP) is 2.27. The van der Waals surface area contributed by atoms with Gasteiger partial charge in [0, 0.05) is 0 Å². The van der Waals surface area contributed by atoms with Crippen LogP contribution in [0.5, 0.6) is 0 Å². The van der Waals surface area contributed by atoms with Gasteiger partial charge in [-0.1, -0.05) is 0 Å². The zero-order valence-corrected chi connectivity index (χ0v) is 7.47.